The Labute approximate surface area is 376 Å². The van der Waals surface area contributed by atoms with E-state index in [2.05, 4.69) is 36.9 Å². The lowest BCUT2D eigenvalue weighted by Gasteiger charge is -2.33. The average molecular weight is 901 g/mol. The maximum absolute atomic E-state index is 14.4. The predicted octanol–water partition coefficient (Wildman–Crippen LogP) is -2.65. The van der Waals surface area contributed by atoms with Crippen LogP contribution in [0.1, 0.15) is 69.9 Å². The molecule has 3 aliphatic rings. The number of hydrogen-bond acceptors (Lipinski definition) is 10. The van der Waals surface area contributed by atoms with E-state index in [0.29, 0.717) is 30.4 Å². The van der Waals surface area contributed by atoms with E-state index in [4.69, 9.17) is 17.2 Å². The van der Waals surface area contributed by atoms with Crippen LogP contribution in [0.3, 0.4) is 0 Å². The lowest BCUT2D eigenvalue weighted by molar-refractivity contribution is -0.148. The molecule has 2 aromatic rings. The molecule has 21 heteroatoms. The van der Waals surface area contributed by atoms with E-state index in [1.807, 2.05) is 0 Å². The SMILES string of the molecule is C[C@@H]1NC(=O)[C@H](CC(N)=O)NC(=O)[C@H](Cc2ccccc2)NC(=O)[C@H](Cc2ccccc2)NC(=O)[C@H](CCCN=C(N)N)NC(=O)[C@@H]2CCCN2C(=O)[C@H]2CCCN2C(=O)[C@H](C)NC1=O. The molecule has 3 aliphatic heterocycles. The Balaban J connectivity index is 1.54. The molecule has 9 amide bonds. The highest BCUT2D eigenvalue weighted by Crippen LogP contribution is 2.26. The summed E-state index contributed by atoms with van der Waals surface area (Å²) in [6.45, 7) is 3.31. The van der Waals surface area contributed by atoms with Crippen LogP contribution >= 0.6 is 0 Å². The fourth-order valence-corrected chi connectivity index (χ4v) is 8.20. The lowest BCUT2D eigenvalue weighted by Crippen LogP contribution is -2.61. The van der Waals surface area contributed by atoms with Crippen molar-refractivity contribution in [2.45, 2.75) is 120 Å². The standard InChI is InChI=1S/C44H60N12O9/c1-25-36(58)50-26(2)42(64)56-21-11-18-34(56)43(65)55-20-10-17-33(55)41(63)51-29(16-9-19-48-44(46)47)37(59)52-30(22-27-12-5-3-6-13-27)39(61)53-31(23-28-14-7-4-8-15-28)40(62)54-32(24-35(45)57)38(60)49-25/h3-8,12-15,25-26,29-34H,9-11,16-24H2,1-2H3,(H2,45,57)(H,49,60)(H,50,58)(H,51,63)(H,52,59)(H,53,61)(H,54,62)(H4,46,47,48)/t25-,26-,29-,30-,31-,32-,33-,34+/m0/s1. The van der Waals surface area contributed by atoms with E-state index in [1.165, 1.54) is 23.6 Å². The van der Waals surface area contributed by atoms with Crippen molar-refractivity contribution in [3.05, 3.63) is 71.8 Å². The second-order valence-corrected chi connectivity index (χ2v) is 16.6. The van der Waals surface area contributed by atoms with Gasteiger partial charge in [0.15, 0.2) is 5.96 Å². The van der Waals surface area contributed by atoms with Crippen molar-refractivity contribution in [1.29, 1.82) is 0 Å². The summed E-state index contributed by atoms with van der Waals surface area (Å²) in [6, 6.07) is 7.46. The summed E-state index contributed by atoms with van der Waals surface area (Å²) < 4.78 is 0. The first kappa shape index (κ1) is 49.0. The minimum Gasteiger partial charge on any atom is -0.370 e. The number of carbonyl (C=O) groups excluding carboxylic acids is 9. The largest absolute Gasteiger partial charge is 0.370 e. The highest BCUT2D eigenvalue weighted by atomic mass is 16.2. The van der Waals surface area contributed by atoms with Gasteiger partial charge in [-0.2, -0.15) is 0 Å². The van der Waals surface area contributed by atoms with Crippen molar-refractivity contribution in [3.63, 3.8) is 0 Å². The molecule has 350 valence electrons. The van der Waals surface area contributed by atoms with Crippen LogP contribution in [0.15, 0.2) is 65.7 Å². The van der Waals surface area contributed by atoms with Crippen LogP contribution < -0.4 is 49.1 Å². The molecular formula is C44H60N12O9. The number of guanidine groups is 1. The highest BCUT2D eigenvalue weighted by Gasteiger charge is 2.44. The third-order valence-corrected chi connectivity index (χ3v) is 11.6. The number of amides is 9. The first-order chi connectivity index (χ1) is 31.0. The number of carbonyl (C=O) groups is 9. The maximum atomic E-state index is 14.4. The molecule has 0 aliphatic carbocycles. The van der Waals surface area contributed by atoms with Gasteiger partial charge >= 0.3 is 0 Å². The van der Waals surface area contributed by atoms with Crippen molar-refractivity contribution in [1.82, 2.24) is 41.7 Å². The second-order valence-electron chi connectivity index (χ2n) is 16.6. The Morgan fingerprint density at radius 2 is 1.03 bits per heavy atom. The Bertz CT molecular complexity index is 2100. The molecular weight excluding hydrogens is 841 g/mol. The summed E-state index contributed by atoms with van der Waals surface area (Å²) in [5.74, 6) is -6.92. The third-order valence-electron chi connectivity index (χ3n) is 11.6. The Morgan fingerprint density at radius 1 is 0.569 bits per heavy atom. The van der Waals surface area contributed by atoms with Crippen molar-refractivity contribution in [2.24, 2.45) is 22.2 Å². The number of nitrogens with two attached hydrogens (primary N) is 3. The summed E-state index contributed by atoms with van der Waals surface area (Å²) in [7, 11) is 0. The normalized spacial score (nSPS) is 26.6. The molecule has 0 aromatic heterocycles. The summed E-state index contributed by atoms with van der Waals surface area (Å²) in [6.07, 6.45) is 0.947. The van der Waals surface area contributed by atoms with Gasteiger partial charge in [-0.25, -0.2) is 0 Å². The molecule has 8 atom stereocenters. The maximum Gasteiger partial charge on any atom is 0.246 e. The molecule has 0 saturated carbocycles. The lowest BCUT2D eigenvalue weighted by atomic mass is 10.0. The Morgan fingerprint density at radius 3 is 1.57 bits per heavy atom. The van der Waals surface area contributed by atoms with Gasteiger partial charge in [0, 0.05) is 32.5 Å². The van der Waals surface area contributed by atoms with E-state index in [9.17, 15) is 43.2 Å². The zero-order valence-corrected chi connectivity index (χ0v) is 36.6. The predicted molar refractivity (Wildman–Crippen MR) is 236 cm³/mol. The van der Waals surface area contributed by atoms with Crippen molar-refractivity contribution in [2.75, 3.05) is 19.6 Å². The van der Waals surface area contributed by atoms with Crippen LogP contribution in [0.25, 0.3) is 0 Å². The summed E-state index contributed by atoms with van der Waals surface area (Å²) >= 11 is 0. The quantitative estimate of drug-likeness (QED) is 0.0674. The summed E-state index contributed by atoms with van der Waals surface area (Å²) in [4.78, 5) is 131. The number of aliphatic imine (C=N–C) groups is 1. The third kappa shape index (κ3) is 13.7. The van der Waals surface area contributed by atoms with E-state index >= 15 is 0 Å². The minimum atomic E-state index is -1.61. The molecule has 65 heavy (non-hydrogen) atoms. The Hall–Kier alpha value is -7.06. The Kier molecular flexibility index (Phi) is 17.4. The average Bonchev–Trinajstić information content (AvgIpc) is 3.98. The van der Waals surface area contributed by atoms with Crippen LogP contribution in [-0.2, 0) is 56.0 Å². The molecule has 3 heterocycles. The number of benzene rings is 2. The number of hydrogen-bond donors (Lipinski definition) is 9. The summed E-state index contributed by atoms with van der Waals surface area (Å²) in [5.41, 5.74) is 17.8. The van der Waals surface area contributed by atoms with E-state index < -0.39 is 108 Å². The van der Waals surface area contributed by atoms with Crippen molar-refractivity contribution in [3.8, 4) is 0 Å². The minimum absolute atomic E-state index is 0.0180. The molecule has 3 fully saturated rings. The van der Waals surface area contributed by atoms with Gasteiger partial charge in [-0.05, 0) is 63.5 Å². The molecule has 12 N–H and O–H groups in total. The fourth-order valence-electron chi connectivity index (χ4n) is 8.20. The van der Waals surface area contributed by atoms with Gasteiger partial charge in [0.2, 0.25) is 53.2 Å². The van der Waals surface area contributed by atoms with E-state index in [1.54, 1.807) is 60.7 Å². The van der Waals surface area contributed by atoms with Gasteiger partial charge in [-0.1, -0.05) is 60.7 Å². The molecule has 3 saturated heterocycles. The summed E-state index contributed by atoms with van der Waals surface area (Å²) in [5, 5.41) is 15.8. The number of rotatable bonds is 10. The first-order valence-electron chi connectivity index (χ1n) is 21.9. The molecule has 5 rings (SSSR count). The van der Waals surface area contributed by atoms with Gasteiger partial charge in [0.25, 0.3) is 0 Å². The van der Waals surface area contributed by atoms with Crippen LogP contribution in [0.4, 0.5) is 0 Å². The molecule has 0 radical (unpaired) electrons. The monoisotopic (exact) mass is 900 g/mol. The topological polar surface area (TPSA) is 323 Å². The molecule has 0 spiro atoms. The van der Waals surface area contributed by atoms with Crippen LogP contribution in [0.2, 0.25) is 0 Å². The smallest absolute Gasteiger partial charge is 0.246 e. The van der Waals surface area contributed by atoms with Crippen LogP contribution in [-0.4, -0.2) is 137 Å². The number of nitrogens with one attached hydrogen (secondary N) is 6. The van der Waals surface area contributed by atoms with Gasteiger partial charge in [0.05, 0.1) is 6.42 Å². The van der Waals surface area contributed by atoms with Gasteiger partial charge in [-0.3, -0.25) is 48.1 Å². The molecule has 0 bridgehead atoms. The number of fused-ring (bicyclic) bond motifs is 2. The highest BCUT2D eigenvalue weighted by molar-refractivity contribution is 6.00. The fraction of sp³-hybridized carbons (Fsp3) is 0.500. The van der Waals surface area contributed by atoms with Gasteiger partial charge in [-0.15, -0.1) is 0 Å². The zero-order chi connectivity index (χ0) is 47.2. The molecule has 2 aromatic carbocycles. The number of primary amides is 1. The first-order valence-corrected chi connectivity index (χ1v) is 21.9. The van der Waals surface area contributed by atoms with Gasteiger partial charge < -0.3 is 58.9 Å². The van der Waals surface area contributed by atoms with E-state index in [-0.39, 0.29) is 57.7 Å². The van der Waals surface area contributed by atoms with E-state index in [0.717, 1.165) is 0 Å². The molecule has 0 unspecified atom stereocenters. The number of nitrogens with zero attached hydrogens (tertiary/aromatic N) is 3. The molecule has 21 nitrogen and oxygen atoms in total. The van der Waals surface area contributed by atoms with Crippen molar-refractivity contribution < 1.29 is 43.2 Å². The second kappa shape index (κ2) is 23.0. The van der Waals surface area contributed by atoms with Crippen molar-refractivity contribution >= 4 is 59.1 Å². The zero-order valence-electron chi connectivity index (χ0n) is 36.6. The van der Waals surface area contributed by atoms with Crippen LogP contribution in [0, 0.1) is 0 Å². The van der Waals surface area contributed by atoms with Gasteiger partial charge in [0.1, 0.15) is 48.3 Å². The van der Waals surface area contributed by atoms with Crippen LogP contribution in [0.5, 0.6) is 0 Å².